The average Bonchev–Trinajstić information content (AvgIpc) is 1.87. The SMILES string of the molecule is CC[C](C)CC(C)(C)CC. The summed E-state index contributed by atoms with van der Waals surface area (Å²) < 4.78 is 0. The highest BCUT2D eigenvalue weighted by molar-refractivity contribution is 4.88. The molecule has 0 rings (SSSR count). The molecule has 0 saturated heterocycles. The summed E-state index contributed by atoms with van der Waals surface area (Å²) >= 11 is 0. The molecule has 0 heterocycles. The van der Waals surface area contributed by atoms with Gasteiger partial charge < -0.3 is 0 Å². The van der Waals surface area contributed by atoms with Crippen LogP contribution in [0, 0.1) is 11.3 Å². The van der Waals surface area contributed by atoms with Crippen LogP contribution in [0.5, 0.6) is 0 Å². The standard InChI is InChI=1S/C10H21/c1-6-9(3)8-10(4,5)7-2/h6-8H2,1-5H3. The predicted octanol–water partition coefficient (Wildman–Crippen LogP) is 3.82. The second-order valence-corrected chi connectivity index (χ2v) is 4.01. The smallest absolute Gasteiger partial charge is 0.0269 e. The molecule has 0 N–H and O–H groups in total. The van der Waals surface area contributed by atoms with Gasteiger partial charge in [-0.3, -0.25) is 0 Å². The van der Waals surface area contributed by atoms with E-state index in [1.807, 2.05) is 0 Å². The third-order valence-electron chi connectivity index (χ3n) is 2.34. The Morgan fingerprint density at radius 1 is 1.20 bits per heavy atom. The summed E-state index contributed by atoms with van der Waals surface area (Å²) in [6.07, 6.45) is 3.81. The minimum atomic E-state index is 0.528. The molecule has 0 aliphatic rings. The van der Waals surface area contributed by atoms with Crippen molar-refractivity contribution in [2.45, 2.75) is 53.9 Å². The third kappa shape index (κ3) is 3.92. The maximum absolute atomic E-state index is 2.34. The summed E-state index contributed by atoms with van der Waals surface area (Å²) in [5.41, 5.74) is 0.528. The summed E-state index contributed by atoms with van der Waals surface area (Å²) in [5.74, 6) is 1.63. The van der Waals surface area contributed by atoms with Gasteiger partial charge in [0.25, 0.3) is 0 Å². The first-order valence-corrected chi connectivity index (χ1v) is 4.33. The van der Waals surface area contributed by atoms with Crippen LogP contribution < -0.4 is 0 Å². The van der Waals surface area contributed by atoms with E-state index in [-0.39, 0.29) is 0 Å². The van der Waals surface area contributed by atoms with Crippen molar-refractivity contribution in [3.8, 4) is 0 Å². The lowest BCUT2D eigenvalue weighted by Gasteiger charge is -2.25. The average molecular weight is 141 g/mol. The highest BCUT2D eigenvalue weighted by Gasteiger charge is 2.17. The number of hydrogen-bond donors (Lipinski definition) is 0. The van der Waals surface area contributed by atoms with E-state index < -0.39 is 0 Å². The van der Waals surface area contributed by atoms with E-state index in [0.717, 1.165) is 0 Å². The first kappa shape index (κ1) is 10.0. The van der Waals surface area contributed by atoms with E-state index >= 15 is 0 Å². The van der Waals surface area contributed by atoms with Crippen LogP contribution in [0.2, 0.25) is 0 Å². The van der Waals surface area contributed by atoms with E-state index in [2.05, 4.69) is 34.6 Å². The summed E-state index contributed by atoms with van der Waals surface area (Å²) in [6, 6.07) is 0. The van der Waals surface area contributed by atoms with Gasteiger partial charge in [-0.1, -0.05) is 47.5 Å². The maximum atomic E-state index is 2.34. The van der Waals surface area contributed by atoms with Gasteiger partial charge in [0.05, 0.1) is 0 Å². The topological polar surface area (TPSA) is 0 Å². The van der Waals surface area contributed by atoms with Crippen LogP contribution in [0.1, 0.15) is 53.9 Å². The van der Waals surface area contributed by atoms with Gasteiger partial charge in [0, 0.05) is 0 Å². The lowest BCUT2D eigenvalue weighted by Crippen LogP contribution is -2.12. The van der Waals surface area contributed by atoms with Gasteiger partial charge in [-0.25, -0.2) is 0 Å². The number of hydrogen-bond acceptors (Lipinski definition) is 0. The fourth-order valence-electron chi connectivity index (χ4n) is 1.07. The van der Waals surface area contributed by atoms with Crippen LogP contribution in [0.25, 0.3) is 0 Å². The lowest BCUT2D eigenvalue weighted by molar-refractivity contribution is 0.326. The van der Waals surface area contributed by atoms with Gasteiger partial charge in [0.2, 0.25) is 0 Å². The second kappa shape index (κ2) is 4.00. The fraction of sp³-hybridized carbons (Fsp3) is 0.900. The van der Waals surface area contributed by atoms with Crippen LogP contribution in [-0.4, -0.2) is 0 Å². The molecule has 0 spiro atoms. The zero-order chi connectivity index (χ0) is 8.20. The maximum Gasteiger partial charge on any atom is -0.0269 e. The van der Waals surface area contributed by atoms with Crippen molar-refractivity contribution in [1.29, 1.82) is 0 Å². The predicted molar refractivity (Wildman–Crippen MR) is 47.9 cm³/mol. The molecule has 0 atom stereocenters. The molecule has 0 aromatic carbocycles. The molecule has 1 radical (unpaired) electrons. The molecule has 0 aliphatic carbocycles. The van der Waals surface area contributed by atoms with Crippen LogP contribution in [0.15, 0.2) is 0 Å². The molecule has 0 aliphatic heterocycles. The molecule has 10 heavy (non-hydrogen) atoms. The summed E-state index contributed by atoms with van der Waals surface area (Å²) in [6.45, 7) is 11.4. The molecule has 0 nitrogen and oxygen atoms in total. The normalized spacial score (nSPS) is 12.6. The zero-order valence-corrected chi connectivity index (χ0v) is 8.12. The highest BCUT2D eigenvalue weighted by Crippen LogP contribution is 2.30. The van der Waals surface area contributed by atoms with E-state index in [9.17, 15) is 0 Å². The van der Waals surface area contributed by atoms with Crippen molar-refractivity contribution in [3.05, 3.63) is 5.92 Å². The molecule has 0 aromatic rings. The Kier molecular flexibility index (Phi) is 4.00. The summed E-state index contributed by atoms with van der Waals surface area (Å²) in [4.78, 5) is 0. The molecular weight excluding hydrogens is 120 g/mol. The van der Waals surface area contributed by atoms with Gasteiger partial charge in [-0.15, -0.1) is 0 Å². The second-order valence-electron chi connectivity index (χ2n) is 4.01. The Morgan fingerprint density at radius 2 is 1.70 bits per heavy atom. The molecule has 61 valence electrons. The van der Waals surface area contributed by atoms with E-state index in [0.29, 0.717) is 5.41 Å². The highest BCUT2D eigenvalue weighted by atomic mass is 14.2. The molecule has 0 heteroatoms. The Labute approximate surface area is 66.0 Å². The van der Waals surface area contributed by atoms with Crippen molar-refractivity contribution in [1.82, 2.24) is 0 Å². The molecule has 0 saturated carbocycles. The Balaban J connectivity index is 3.64. The van der Waals surface area contributed by atoms with E-state index in [1.54, 1.807) is 5.92 Å². The van der Waals surface area contributed by atoms with Crippen LogP contribution in [-0.2, 0) is 0 Å². The van der Waals surface area contributed by atoms with Crippen LogP contribution in [0.3, 0.4) is 0 Å². The van der Waals surface area contributed by atoms with E-state index in [4.69, 9.17) is 0 Å². The molecule has 0 amide bonds. The van der Waals surface area contributed by atoms with Crippen LogP contribution >= 0.6 is 0 Å². The van der Waals surface area contributed by atoms with Crippen molar-refractivity contribution in [2.75, 3.05) is 0 Å². The molecule has 0 fully saturated rings. The Morgan fingerprint density at radius 3 is 2.00 bits per heavy atom. The first-order chi connectivity index (χ1) is 4.52. The lowest BCUT2D eigenvalue weighted by atomic mass is 9.80. The van der Waals surface area contributed by atoms with E-state index in [1.165, 1.54) is 19.3 Å². The molecule has 0 bridgehead atoms. The fourth-order valence-corrected chi connectivity index (χ4v) is 1.07. The first-order valence-electron chi connectivity index (χ1n) is 4.33. The van der Waals surface area contributed by atoms with Crippen molar-refractivity contribution in [3.63, 3.8) is 0 Å². The minimum absolute atomic E-state index is 0.528. The third-order valence-corrected chi connectivity index (χ3v) is 2.34. The van der Waals surface area contributed by atoms with Gasteiger partial charge in [-0.05, 0) is 17.8 Å². The monoisotopic (exact) mass is 141 g/mol. The van der Waals surface area contributed by atoms with Crippen LogP contribution in [0.4, 0.5) is 0 Å². The van der Waals surface area contributed by atoms with Gasteiger partial charge in [0.1, 0.15) is 0 Å². The zero-order valence-electron chi connectivity index (χ0n) is 8.12. The van der Waals surface area contributed by atoms with Gasteiger partial charge in [-0.2, -0.15) is 0 Å². The summed E-state index contributed by atoms with van der Waals surface area (Å²) in [5, 5.41) is 0. The quantitative estimate of drug-likeness (QED) is 0.558. The molecular formula is C10H21. The van der Waals surface area contributed by atoms with Gasteiger partial charge >= 0.3 is 0 Å². The minimum Gasteiger partial charge on any atom is -0.0649 e. The molecule has 0 unspecified atom stereocenters. The van der Waals surface area contributed by atoms with Crippen molar-refractivity contribution in [2.24, 2.45) is 5.41 Å². The van der Waals surface area contributed by atoms with Crippen molar-refractivity contribution < 1.29 is 0 Å². The Bertz CT molecular complexity index is 82.0. The summed E-state index contributed by atoms with van der Waals surface area (Å²) in [7, 11) is 0. The largest absolute Gasteiger partial charge is 0.0649 e. The van der Waals surface area contributed by atoms with Crippen molar-refractivity contribution >= 4 is 0 Å². The Hall–Kier alpha value is 0. The van der Waals surface area contributed by atoms with Gasteiger partial charge in [0.15, 0.2) is 0 Å². The number of rotatable bonds is 4. The molecule has 0 aromatic heterocycles.